The van der Waals surface area contributed by atoms with Crippen LogP contribution in [0.4, 0.5) is 0 Å². The van der Waals surface area contributed by atoms with Crippen molar-refractivity contribution in [2.24, 2.45) is 13.0 Å². The smallest absolute Gasteiger partial charge is 0.227 e. The van der Waals surface area contributed by atoms with Crippen molar-refractivity contribution in [2.75, 3.05) is 20.1 Å². The number of hydrogen-bond donors (Lipinski definition) is 0. The minimum Gasteiger partial charge on any atom is -0.345 e. The van der Waals surface area contributed by atoms with Gasteiger partial charge in [0.1, 0.15) is 5.82 Å². The summed E-state index contributed by atoms with van der Waals surface area (Å²) in [6.45, 7) is 7.24. The highest BCUT2D eigenvalue weighted by molar-refractivity contribution is 5.89. The molecule has 0 N–H and O–H groups in total. The molecule has 6 heteroatoms. The van der Waals surface area contributed by atoms with Crippen molar-refractivity contribution in [2.45, 2.75) is 45.6 Å². The molecule has 0 aliphatic carbocycles. The molecule has 1 saturated heterocycles. The van der Waals surface area contributed by atoms with Gasteiger partial charge in [0, 0.05) is 58.0 Å². The summed E-state index contributed by atoms with van der Waals surface area (Å²) >= 11 is 0. The summed E-state index contributed by atoms with van der Waals surface area (Å²) in [5.41, 5.74) is -0.219. The SMILES string of the molecule is CN(CCCc1nccn1C)C(=O)C1CC(=O)N(C(C)(C)C)C1. The predicted molar refractivity (Wildman–Crippen MR) is 88.7 cm³/mol. The van der Waals surface area contributed by atoms with E-state index < -0.39 is 0 Å². The molecule has 2 rings (SSSR count). The maximum Gasteiger partial charge on any atom is 0.227 e. The number of imidazole rings is 1. The molecule has 0 radical (unpaired) electrons. The molecule has 1 aromatic heterocycles. The van der Waals surface area contributed by atoms with Crippen LogP contribution in [0.15, 0.2) is 12.4 Å². The van der Waals surface area contributed by atoms with E-state index in [1.807, 2.05) is 50.5 Å². The fourth-order valence-electron chi connectivity index (χ4n) is 3.05. The first-order valence-electron chi connectivity index (χ1n) is 8.22. The highest BCUT2D eigenvalue weighted by atomic mass is 16.2. The normalized spacial score (nSPS) is 18.6. The van der Waals surface area contributed by atoms with Crippen molar-refractivity contribution in [3.05, 3.63) is 18.2 Å². The van der Waals surface area contributed by atoms with Gasteiger partial charge in [0.2, 0.25) is 11.8 Å². The molecule has 1 aromatic rings. The zero-order valence-electron chi connectivity index (χ0n) is 14.9. The van der Waals surface area contributed by atoms with Crippen LogP contribution in [0.2, 0.25) is 0 Å². The van der Waals surface area contributed by atoms with E-state index in [4.69, 9.17) is 0 Å². The predicted octanol–water partition coefficient (Wildman–Crippen LogP) is 1.46. The average Bonchev–Trinajstić information content (AvgIpc) is 3.04. The van der Waals surface area contributed by atoms with E-state index in [2.05, 4.69) is 4.98 Å². The van der Waals surface area contributed by atoms with Crippen LogP contribution in [0.3, 0.4) is 0 Å². The van der Waals surface area contributed by atoms with Gasteiger partial charge >= 0.3 is 0 Å². The van der Waals surface area contributed by atoms with Gasteiger partial charge in [0.05, 0.1) is 5.92 Å². The first-order chi connectivity index (χ1) is 10.7. The number of rotatable bonds is 5. The van der Waals surface area contributed by atoms with Crippen molar-refractivity contribution >= 4 is 11.8 Å². The first kappa shape index (κ1) is 17.5. The van der Waals surface area contributed by atoms with Gasteiger partial charge in [-0.2, -0.15) is 0 Å². The Kier molecular flexibility index (Phi) is 5.12. The molecule has 0 bridgehead atoms. The largest absolute Gasteiger partial charge is 0.345 e. The summed E-state index contributed by atoms with van der Waals surface area (Å²) in [4.78, 5) is 32.5. The third-order valence-corrected chi connectivity index (χ3v) is 4.48. The summed E-state index contributed by atoms with van der Waals surface area (Å²) in [5, 5.41) is 0. The maximum atomic E-state index is 12.5. The molecule has 6 nitrogen and oxygen atoms in total. The number of nitrogens with zero attached hydrogens (tertiary/aromatic N) is 4. The van der Waals surface area contributed by atoms with Crippen molar-refractivity contribution in [1.82, 2.24) is 19.4 Å². The van der Waals surface area contributed by atoms with E-state index in [-0.39, 0.29) is 23.3 Å². The molecule has 1 aliphatic rings. The van der Waals surface area contributed by atoms with Crippen LogP contribution < -0.4 is 0 Å². The number of carbonyl (C=O) groups excluding carboxylic acids is 2. The van der Waals surface area contributed by atoms with E-state index >= 15 is 0 Å². The molecular weight excluding hydrogens is 292 g/mol. The van der Waals surface area contributed by atoms with E-state index in [0.29, 0.717) is 19.5 Å². The van der Waals surface area contributed by atoms with Crippen LogP contribution in [0.25, 0.3) is 0 Å². The van der Waals surface area contributed by atoms with Gasteiger partial charge in [-0.3, -0.25) is 9.59 Å². The standard InChI is InChI=1S/C17H28N4O2/c1-17(2,3)21-12-13(11-15(21)22)16(23)20(5)9-6-7-14-18-8-10-19(14)4/h8,10,13H,6-7,9,11-12H2,1-5H3. The topological polar surface area (TPSA) is 58.4 Å². The minimum atomic E-state index is -0.219. The molecule has 0 aromatic carbocycles. The Morgan fingerprint density at radius 2 is 2.13 bits per heavy atom. The lowest BCUT2D eigenvalue weighted by atomic mass is 10.1. The number of aromatic nitrogens is 2. The van der Waals surface area contributed by atoms with Crippen molar-refractivity contribution in [3.8, 4) is 0 Å². The molecule has 1 atom stereocenters. The lowest BCUT2D eigenvalue weighted by Crippen LogP contribution is -2.43. The second-order valence-corrected chi connectivity index (χ2v) is 7.39. The third kappa shape index (κ3) is 4.12. The molecule has 23 heavy (non-hydrogen) atoms. The Hall–Kier alpha value is -1.85. The molecule has 128 valence electrons. The number of aryl methyl sites for hydroxylation is 2. The summed E-state index contributed by atoms with van der Waals surface area (Å²) < 4.78 is 2.00. The van der Waals surface area contributed by atoms with Crippen LogP contribution in [0, 0.1) is 5.92 Å². The van der Waals surface area contributed by atoms with E-state index in [9.17, 15) is 9.59 Å². The fraction of sp³-hybridized carbons (Fsp3) is 0.706. The maximum absolute atomic E-state index is 12.5. The molecule has 0 spiro atoms. The average molecular weight is 320 g/mol. The van der Waals surface area contributed by atoms with Crippen LogP contribution >= 0.6 is 0 Å². The van der Waals surface area contributed by atoms with Gasteiger partial charge in [0.25, 0.3) is 0 Å². The molecule has 2 amide bonds. The van der Waals surface area contributed by atoms with Crippen LogP contribution in [-0.2, 0) is 23.1 Å². The van der Waals surface area contributed by atoms with Gasteiger partial charge in [-0.15, -0.1) is 0 Å². The molecular formula is C17H28N4O2. The summed E-state index contributed by atoms with van der Waals surface area (Å²) in [6.07, 6.45) is 5.76. The molecule has 1 aliphatic heterocycles. The van der Waals surface area contributed by atoms with E-state index in [0.717, 1.165) is 18.7 Å². The summed E-state index contributed by atoms with van der Waals surface area (Å²) in [6, 6.07) is 0. The minimum absolute atomic E-state index is 0.0740. The molecule has 1 unspecified atom stereocenters. The van der Waals surface area contributed by atoms with Gasteiger partial charge in [-0.25, -0.2) is 4.98 Å². The fourth-order valence-corrected chi connectivity index (χ4v) is 3.05. The molecule has 2 heterocycles. The lowest BCUT2D eigenvalue weighted by Gasteiger charge is -2.32. The Bertz CT molecular complexity index is 573. The van der Waals surface area contributed by atoms with Crippen molar-refractivity contribution in [1.29, 1.82) is 0 Å². The quantitative estimate of drug-likeness (QED) is 0.825. The molecule has 1 fully saturated rings. The highest BCUT2D eigenvalue weighted by Crippen LogP contribution is 2.26. The van der Waals surface area contributed by atoms with E-state index in [1.54, 1.807) is 11.1 Å². The van der Waals surface area contributed by atoms with Gasteiger partial charge < -0.3 is 14.4 Å². The Morgan fingerprint density at radius 1 is 1.43 bits per heavy atom. The summed E-state index contributed by atoms with van der Waals surface area (Å²) in [5.74, 6) is 0.975. The Balaban J connectivity index is 1.83. The first-order valence-corrected chi connectivity index (χ1v) is 8.22. The number of hydrogen-bond acceptors (Lipinski definition) is 3. The van der Waals surface area contributed by atoms with Crippen molar-refractivity contribution in [3.63, 3.8) is 0 Å². The lowest BCUT2D eigenvalue weighted by molar-refractivity contribution is -0.134. The zero-order valence-corrected chi connectivity index (χ0v) is 14.9. The van der Waals surface area contributed by atoms with Gasteiger partial charge in [-0.1, -0.05) is 0 Å². The van der Waals surface area contributed by atoms with Crippen LogP contribution in [0.5, 0.6) is 0 Å². The van der Waals surface area contributed by atoms with Crippen LogP contribution in [0.1, 0.15) is 39.4 Å². The third-order valence-electron chi connectivity index (χ3n) is 4.48. The van der Waals surface area contributed by atoms with E-state index in [1.165, 1.54) is 0 Å². The number of amides is 2. The zero-order chi connectivity index (χ0) is 17.2. The highest BCUT2D eigenvalue weighted by Gasteiger charge is 2.40. The van der Waals surface area contributed by atoms with Crippen LogP contribution in [-0.4, -0.2) is 56.8 Å². The Labute approximate surface area is 138 Å². The summed E-state index contributed by atoms with van der Waals surface area (Å²) in [7, 11) is 3.80. The number of likely N-dealkylation sites (tertiary alicyclic amines) is 1. The molecule has 0 saturated carbocycles. The monoisotopic (exact) mass is 320 g/mol. The number of carbonyl (C=O) groups is 2. The van der Waals surface area contributed by atoms with Gasteiger partial charge in [0.15, 0.2) is 0 Å². The second-order valence-electron chi connectivity index (χ2n) is 7.39. The van der Waals surface area contributed by atoms with Gasteiger partial charge in [-0.05, 0) is 27.2 Å². The van der Waals surface area contributed by atoms with Crippen molar-refractivity contribution < 1.29 is 9.59 Å². The second kappa shape index (κ2) is 6.72. The Morgan fingerprint density at radius 3 is 2.65 bits per heavy atom.